The van der Waals surface area contributed by atoms with Crippen molar-refractivity contribution in [2.24, 2.45) is 5.92 Å². The minimum atomic E-state index is -0.728. The second-order valence-electron chi connectivity index (χ2n) is 12.9. The van der Waals surface area contributed by atoms with E-state index in [0.29, 0.717) is 19.8 Å². The predicted molar refractivity (Wildman–Crippen MR) is 181 cm³/mol. The number of nitrogens with zero attached hydrogens (tertiary/aromatic N) is 4. The topological polar surface area (TPSA) is 128 Å². The van der Waals surface area contributed by atoms with Gasteiger partial charge < -0.3 is 34.6 Å². The molecule has 4 aromatic rings. The van der Waals surface area contributed by atoms with Gasteiger partial charge in [-0.1, -0.05) is 36.5 Å². The fourth-order valence-electron chi connectivity index (χ4n) is 7.18. The molecule has 2 atom stereocenters. The van der Waals surface area contributed by atoms with E-state index in [1.54, 1.807) is 17.4 Å². The molecule has 3 aliphatic heterocycles. The number of H-pyrrole nitrogens is 2. The molecule has 2 aromatic heterocycles. The van der Waals surface area contributed by atoms with E-state index in [1.165, 1.54) is 0 Å². The molecular weight excluding hydrogens is 606 g/mol. The average molecular weight is 644 g/mol. The number of likely N-dealkylation sites (N-methyl/N-ethyl adjacent to an activating group) is 1. The lowest BCUT2D eigenvalue weighted by atomic mass is 9.87. The molecule has 2 amide bonds. The lowest BCUT2D eigenvalue weighted by Crippen LogP contribution is -2.53. The standard InChI is InChI=1S/C37H37N7O4/c1-43(2)18-32(45)42-35(22-8-5-3-4-6-9-22)37(46)44-11-7-10-29(44)36-39-17-28(41-36)24-13-26-20-47-30-14-23(27-16-38-21-40-27)12-25-19-48-31(15-24)34(26)33(25)30/h3-6,8-9,12-17,21-22,29,35H,7,10-11,18-20H2,1-2H3,(H,38,40)(H,39,41)(H,42,45). The molecule has 0 bridgehead atoms. The summed E-state index contributed by atoms with van der Waals surface area (Å²) in [7, 11) is 3.67. The lowest BCUT2D eigenvalue weighted by Gasteiger charge is -2.31. The number of aromatic amines is 2. The average Bonchev–Trinajstić information content (AvgIpc) is 3.86. The molecule has 0 saturated carbocycles. The van der Waals surface area contributed by atoms with E-state index in [9.17, 15) is 9.59 Å². The number of allylic oxidation sites excluding steroid dienone is 4. The van der Waals surface area contributed by atoms with Gasteiger partial charge in [-0.3, -0.25) is 9.59 Å². The van der Waals surface area contributed by atoms with Gasteiger partial charge in [-0.2, -0.15) is 0 Å². The second-order valence-corrected chi connectivity index (χ2v) is 12.9. The summed E-state index contributed by atoms with van der Waals surface area (Å²) in [5.74, 6) is 1.81. The van der Waals surface area contributed by atoms with Crippen molar-refractivity contribution < 1.29 is 19.1 Å². The number of rotatable bonds is 8. The van der Waals surface area contributed by atoms with Crippen LogP contribution in [-0.2, 0) is 22.8 Å². The Kier molecular flexibility index (Phi) is 7.68. The Morgan fingerprint density at radius 2 is 1.65 bits per heavy atom. The summed E-state index contributed by atoms with van der Waals surface area (Å²) >= 11 is 0. The summed E-state index contributed by atoms with van der Waals surface area (Å²) in [6.45, 7) is 1.65. The Labute approximate surface area is 278 Å². The number of nitrogens with one attached hydrogen (secondary N) is 3. The molecule has 3 N–H and O–H groups in total. The third-order valence-electron chi connectivity index (χ3n) is 9.38. The monoisotopic (exact) mass is 643 g/mol. The predicted octanol–water partition coefficient (Wildman–Crippen LogP) is 4.93. The number of hydrogen-bond acceptors (Lipinski definition) is 7. The van der Waals surface area contributed by atoms with Crippen LogP contribution in [0.1, 0.15) is 35.8 Å². The maximum absolute atomic E-state index is 14.2. The highest BCUT2D eigenvalue weighted by Gasteiger charge is 2.38. The first-order valence-electron chi connectivity index (χ1n) is 16.3. The highest BCUT2D eigenvalue weighted by Crippen LogP contribution is 2.50. The Balaban J connectivity index is 1.06. The van der Waals surface area contributed by atoms with Crippen molar-refractivity contribution in [3.05, 3.63) is 96.4 Å². The van der Waals surface area contributed by atoms with Crippen molar-refractivity contribution in [2.75, 3.05) is 27.2 Å². The molecular formula is C37H37N7O4. The fraction of sp³-hybridized carbons (Fsp3) is 0.297. The molecule has 2 aromatic carbocycles. The van der Waals surface area contributed by atoms with Gasteiger partial charge in [0.25, 0.3) is 0 Å². The number of hydrogen-bond donors (Lipinski definition) is 3. The Morgan fingerprint density at radius 1 is 0.958 bits per heavy atom. The third-order valence-corrected chi connectivity index (χ3v) is 9.38. The first kappa shape index (κ1) is 29.9. The van der Waals surface area contributed by atoms with Crippen molar-refractivity contribution in [1.29, 1.82) is 0 Å². The molecule has 48 heavy (non-hydrogen) atoms. The molecule has 1 fully saturated rings. The van der Waals surface area contributed by atoms with E-state index in [0.717, 1.165) is 74.9 Å². The van der Waals surface area contributed by atoms with Gasteiger partial charge in [0.05, 0.1) is 42.7 Å². The molecule has 1 aliphatic carbocycles. The molecule has 8 rings (SSSR count). The van der Waals surface area contributed by atoms with Crippen LogP contribution >= 0.6 is 0 Å². The van der Waals surface area contributed by atoms with Gasteiger partial charge in [0.1, 0.15) is 36.6 Å². The number of carbonyl (C=O) groups excluding carboxylic acids is 2. The van der Waals surface area contributed by atoms with Crippen molar-refractivity contribution in [3.63, 3.8) is 0 Å². The zero-order valence-corrected chi connectivity index (χ0v) is 26.9. The van der Waals surface area contributed by atoms with Crippen molar-refractivity contribution >= 4 is 11.8 Å². The zero-order chi connectivity index (χ0) is 32.8. The van der Waals surface area contributed by atoms with Crippen LogP contribution in [0.4, 0.5) is 0 Å². The normalized spacial score (nSPS) is 18.3. The third kappa shape index (κ3) is 5.49. The zero-order valence-electron chi connectivity index (χ0n) is 26.9. The van der Waals surface area contributed by atoms with Gasteiger partial charge in [0, 0.05) is 45.8 Å². The minimum absolute atomic E-state index is 0.113. The first-order chi connectivity index (χ1) is 23.4. The summed E-state index contributed by atoms with van der Waals surface area (Å²) in [6, 6.07) is 7.43. The fourth-order valence-corrected chi connectivity index (χ4v) is 7.18. The van der Waals surface area contributed by atoms with Crippen LogP contribution in [0.5, 0.6) is 11.5 Å². The molecule has 0 radical (unpaired) electrons. The van der Waals surface area contributed by atoms with E-state index in [4.69, 9.17) is 14.5 Å². The quantitative estimate of drug-likeness (QED) is 0.249. The molecule has 2 unspecified atom stereocenters. The summed E-state index contributed by atoms with van der Waals surface area (Å²) in [5.41, 5.74) is 8.02. The number of aromatic nitrogens is 4. The maximum Gasteiger partial charge on any atom is 0.246 e. The Bertz CT molecular complexity index is 1910. The van der Waals surface area contributed by atoms with Crippen LogP contribution in [0, 0.1) is 5.92 Å². The van der Waals surface area contributed by atoms with Crippen molar-refractivity contribution in [3.8, 4) is 45.1 Å². The van der Waals surface area contributed by atoms with Gasteiger partial charge in [-0.25, -0.2) is 9.97 Å². The lowest BCUT2D eigenvalue weighted by molar-refractivity contribution is -0.138. The summed E-state index contributed by atoms with van der Waals surface area (Å²) < 4.78 is 12.6. The van der Waals surface area contributed by atoms with Crippen LogP contribution in [0.2, 0.25) is 0 Å². The summed E-state index contributed by atoms with van der Waals surface area (Å²) in [4.78, 5) is 46.4. The SMILES string of the molecule is CN(C)CC(=O)NC(C(=O)N1CCCC1c1ncc(-c2cc3c4c(c2)OCc2cc(-c5cnc[nH]5)cc(c2-4)OC3)[nH]1)C1C=CC=CC=C1. The minimum Gasteiger partial charge on any atom is -0.488 e. The number of likely N-dealkylation sites (tertiary alicyclic amines) is 1. The molecule has 0 spiro atoms. The molecule has 244 valence electrons. The Hall–Kier alpha value is -5.42. The van der Waals surface area contributed by atoms with Gasteiger partial charge in [0.15, 0.2) is 0 Å². The number of amides is 2. The van der Waals surface area contributed by atoms with Gasteiger partial charge >= 0.3 is 0 Å². The van der Waals surface area contributed by atoms with Crippen LogP contribution in [0.3, 0.4) is 0 Å². The van der Waals surface area contributed by atoms with Crippen molar-refractivity contribution in [1.82, 2.24) is 35.1 Å². The van der Waals surface area contributed by atoms with Crippen LogP contribution in [0.25, 0.3) is 33.6 Å². The van der Waals surface area contributed by atoms with Gasteiger partial charge in [0.2, 0.25) is 11.8 Å². The van der Waals surface area contributed by atoms with E-state index >= 15 is 0 Å². The van der Waals surface area contributed by atoms with Gasteiger partial charge in [-0.15, -0.1) is 0 Å². The maximum atomic E-state index is 14.2. The van der Waals surface area contributed by atoms with Crippen LogP contribution in [-0.4, -0.2) is 74.8 Å². The highest BCUT2D eigenvalue weighted by atomic mass is 16.5. The molecule has 5 heterocycles. The van der Waals surface area contributed by atoms with E-state index in [2.05, 4.69) is 44.5 Å². The largest absolute Gasteiger partial charge is 0.488 e. The Morgan fingerprint density at radius 3 is 2.29 bits per heavy atom. The smallest absolute Gasteiger partial charge is 0.246 e. The molecule has 11 nitrogen and oxygen atoms in total. The van der Waals surface area contributed by atoms with Crippen LogP contribution in [0.15, 0.2) is 79.4 Å². The number of ether oxygens (including phenoxy) is 2. The number of carbonyl (C=O) groups is 2. The van der Waals surface area contributed by atoms with Gasteiger partial charge in [-0.05, 0) is 51.2 Å². The highest BCUT2D eigenvalue weighted by molar-refractivity contribution is 5.90. The molecule has 1 saturated heterocycles. The number of imidazole rings is 2. The van der Waals surface area contributed by atoms with E-state index in [-0.39, 0.29) is 30.3 Å². The molecule has 11 heteroatoms. The number of benzene rings is 2. The van der Waals surface area contributed by atoms with Crippen LogP contribution < -0.4 is 14.8 Å². The summed E-state index contributed by atoms with van der Waals surface area (Å²) in [5, 5.41) is 3.03. The van der Waals surface area contributed by atoms with Crippen molar-refractivity contribution in [2.45, 2.75) is 38.1 Å². The first-order valence-corrected chi connectivity index (χ1v) is 16.3. The summed E-state index contributed by atoms with van der Waals surface area (Å²) in [6.07, 6.45) is 18.5. The van der Waals surface area contributed by atoms with E-state index in [1.807, 2.05) is 61.6 Å². The van der Waals surface area contributed by atoms with E-state index < -0.39 is 6.04 Å². The second kappa shape index (κ2) is 12.3. The molecule has 4 aliphatic rings.